The summed E-state index contributed by atoms with van der Waals surface area (Å²) in [5, 5.41) is 9.54. The van der Waals surface area contributed by atoms with Crippen LogP contribution in [0.2, 0.25) is 0 Å². The van der Waals surface area contributed by atoms with Crippen LogP contribution in [0.4, 0.5) is 0 Å². The van der Waals surface area contributed by atoms with Crippen molar-refractivity contribution >= 4 is 5.97 Å². The highest BCUT2D eigenvalue weighted by Crippen LogP contribution is 2.24. The zero-order chi connectivity index (χ0) is 17.8. The van der Waals surface area contributed by atoms with Crippen LogP contribution >= 0.6 is 0 Å². The monoisotopic (exact) mass is 334 g/mol. The molecule has 0 bridgehead atoms. The van der Waals surface area contributed by atoms with Crippen molar-refractivity contribution in [2.75, 3.05) is 13.7 Å². The lowest BCUT2D eigenvalue weighted by atomic mass is 9.88. The maximum atomic E-state index is 11.6. The van der Waals surface area contributed by atoms with Crippen LogP contribution in [-0.4, -0.2) is 24.8 Å². The van der Waals surface area contributed by atoms with Crippen LogP contribution in [0.5, 0.6) is 0 Å². The summed E-state index contributed by atoms with van der Waals surface area (Å²) in [5.74, 6) is -0.826. The van der Waals surface area contributed by atoms with Gasteiger partial charge in [-0.25, -0.2) is 4.79 Å². The fraction of sp³-hybridized carbons (Fsp3) is 0.667. The zero-order valence-electron chi connectivity index (χ0n) is 15.7. The standard InChI is InChI=1S/C21H34O3/c1-4-6-7-8-9-10-12-18-17(11-5-2)13-14-20(21(22)23)19(18)15-16-24-3/h13-14H,4-12,15-16H2,1-3H3,(H,22,23). The van der Waals surface area contributed by atoms with Crippen LogP contribution in [0.3, 0.4) is 0 Å². The number of hydrogen-bond acceptors (Lipinski definition) is 2. The van der Waals surface area contributed by atoms with E-state index in [0.717, 1.165) is 31.2 Å². The van der Waals surface area contributed by atoms with Crippen molar-refractivity contribution in [3.05, 3.63) is 34.4 Å². The van der Waals surface area contributed by atoms with Gasteiger partial charge in [0, 0.05) is 7.11 Å². The summed E-state index contributed by atoms with van der Waals surface area (Å²) < 4.78 is 5.21. The molecular weight excluding hydrogens is 300 g/mol. The average Bonchev–Trinajstić information content (AvgIpc) is 2.57. The second kappa shape index (κ2) is 12.1. The van der Waals surface area contributed by atoms with Crippen molar-refractivity contribution in [3.8, 4) is 0 Å². The Morgan fingerprint density at radius 3 is 2.25 bits per heavy atom. The average molecular weight is 335 g/mol. The first kappa shape index (κ1) is 20.7. The molecule has 1 N–H and O–H groups in total. The predicted octanol–water partition coefficient (Wildman–Crippen LogP) is 5.43. The van der Waals surface area contributed by atoms with E-state index in [1.165, 1.54) is 43.2 Å². The molecule has 0 radical (unpaired) electrons. The smallest absolute Gasteiger partial charge is 0.335 e. The van der Waals surface area contributed by atoms with Gasteiger partial charge < -0.3 is 9.84 Å². The van der Waals surface area contributed by atoms with Gasteiger partial charge >= 0.3 is 5.97 Å². The minimum Gasteiger partial charge on any atom is -0.478 e. The number of carboxylic acids is 1. The summed E-state index contributed by atoms with van der Waals surface area (Å²) in [7, 11) is 1.67. The van der Waals surface area contributed by atoms with Crippen molar-refractivity contribution in [2.24, 2.45) is 0 Å². The van der Waals surface area contributed by atoms with E-state index < -0.39 is 5.97 Å². The molecule has 0 spiro atoms. The van der Waals surface area contributed by atoms with Crippen LogP contribution in [0.15, 0.2) is 12.1 Å². The molecule has 0 aromatic heterocycles. The maximum absolute atomic E-state index is 11.6. The van der Waals surface area contributed by atoms with Crippen LogP contribution in [0.25, 0.3) is 0 Å². The topological polar surface area (TPSA) is 46.5 Å². The molecule has 0 heterocycles. The number of methoxy groups -OCH3 is 1. The van der Waals surface area contributed by atoms with Crippen LogP contribution in [0.1, 0.15) is 85.8 Å². The second-order valence-corrected chi connectivity index (χ2v) is 6.55. The molecule has 1 rings (SSSR count). The fourth-order valence-corrected chi connectivity index (χ4v) is 3.33. The molecule has 24 heavy (non-hydrogen) atoms. The number of benzene rings is 1. The minimum absolute atomic E-state index is 0.452. The number of aromatic carboxylic acids is 1. The fourth-order valence-electron chi connectivity index (χ4n) is 3.33. The van der Waals surface area contributed by atoms with Crippen molar-refractivity contribution in [2.45, 2.75) is 78.1 Å². The molecule has 0 unspecified atom stereocenters. The van der Waals surface area contributed by atoms with Gasteiger partial charge in [0.15, 0.2) is 0 Å². The molecule has 0 saturated heterocycles. The van der Waals surface area contributed by atoms with Gasteiger partial charge in [-0.2, -0.15) is 0 Å². The Labute approximate surface area is 147 Å². The molecule has 3 nitrogen and oxygen atoms in total. The van der Waals surface area contributed by atoms with Crippen molar-refractivity contribution in [1.82, 2.24) is 0 Å². The molecule has 136 valence electrons. The first-order valence-corrected chi connectivity index (χ1v) is 9.51. The molecule has 1 aromatic carbocycles. The van der Waals surface area contributed by atoms with Gasteiger partial charge in [0.05, 0.1) is 12.2 Å². The Morgan fingerprint density at radius 1 is 0.917 bits per heavy atom. The number of ether oxygens (including phenoxy) is 1. The molecular formula is C21H34O3. The molecule has 3 heteroatoms. The van der Waals surface area contributed by atoms with Crippen LogP contribution in [-0.2, 0) is 24.0 Å². The summed E-state index contributed by atoms with van der Waals surface area (Å²) >= 11 is 0. The van der Waals surface area contributed by atoms with Crippen LogP contribution < -0.4 is 0 Å². The third-order valence-corrected chi connectivity index (χ3v) is 4.61. The normalized spacial score (nSPS) is 11.0. The summed E-state index contributed by atoms with van der Waals surface area (Å²) in [6, 6.07) is 3.80. The van der Waals surface area contributed by atoms with Gasteiger partial charge in [-0.3, -0.25) is 0 Å². The molecule has 1 aromatic rings. The lowest BCUT2D eigenvalue weighted by Crippen LogP contribution is -2.11. The lowest BCUT2D eigenvalue weighted by Gasteiger charge is -2.17. The Balaban J connectivity index is 2.92. The molecule has 0 aliphatic heterocycles. The van der Waals surface area contributed by atoms with E-state index in [9.17, 15) is 9.90 Å². The van der Waals surface area contributed by atoms with E-state index in [2.05, 4.69) is 13.8 Å². The van der Waals surface area contributed by atoms with Crippen molar-refractivity contribution in [1.29, 1.82) is 0 Å². The quantitative estimate of drug-likeness (QED) is 0.489. The van der Waals surface area contributed by atoms with E-state index in [4.69, 9.17) is 4.74 Å². The van der Waals surface area contributed by atoms with E-state index in [1.807, 2.05) is 6.07 Å². The van der Waals surface area contributed by atoms with E-state index in [0.29, 0.717) is 18.6 Å². The number of carboxylic acid groups (broad SMARTS) is 1. The van der Waals surface area contributed by atoms with Crippen molar-refractivity contribution < 1.29 is 14.6 Å². The van der Waals surface area contributed by atoms with Gasteiger partial charge in [0.1, 0.15) is 0 Å². The second-order valence-electron chi connectivity index (χ2n) is 6.55. The summed E-state index contributed by atoms with van der Waals surface area (Å²) in [6.45, 7) is 4.98. The SMILES string of the molecule is CCCCCCCCc1c(CCC)ccc(C(=O)O)c1CCOC. The Morgan fingerprint density at radius 2 is 1.62 bits per heavy atom. The van der Waals surface area contributed by atoms with Crippen LogP contribution in [0, 0.1) is 0 Å². The predicted molar refractivity (Wildman–Crippen MR) is 100 cm³/mol. The Hall–Kier alpha value is -1.35. The highest BCUT2D eigenvalue weighted by atomic mass is 16.5. The third kappa shape index (κ3) is 6.64. The first-order valence-electron chi connectivity index (χ1n) is 9.51. The van der Waals surface area contributed by atoms with Gasteiger partial charge in [-0.15, -0.1) is 0 Å². The maximum Gasteiger partial charge on any atom is 0.335 e. The minimum atomic E-state index is -0.826. The van der Waals surface area contributed by atoms with Crippen molar-refractivity contribution in [3.63, 3.8) is 0 Å². The molecule has 0 aliphatic rings. The molecule has 0 fully saturated rings. The largest absolute Gasteiger partial charge is 0.478 e. The third-order valence-electron chi connectivity index (χ3n) is 4.61. The van der Waals surface area contributed by atoms with Gasteiger partial charge in [0.2, 0.25) is 0 Å². The van der Waals surface area contributed by atoms with Gasteiger partial charge in [0.25, 0.3) is 0 Å². The Kier molecular flexibility index (Phi) is 10.4. The van der Waals surface area contributed by atoms with E-state index in [1.54, 1.807) is 13.2 Å². The van der Waals surface area contributed by atoms with Gasteiger partial charge in [-0.05, 0) is 48.4 Å². The highest BCUT2D eigenvalue weighted by molar-refractivity contribution is 5.90. The molecule has 0 saturated carbocycles. The van der Waals surface area contributed by atoms with Gasteiger partial charge in [-0.1, -0.05) is 58.4 Å². The number of unbranched alkanes of at least 4 members (excludes halogenated alkanes) is 5. The molecule has 0 amide bonds. The van der Waals surface area contributed by atoms with E-state index >= 15 is 0 Å². The van der Waals surface area contributed by atoms with E-state index in [-0.39, 0.29) is 0 Å². The summed E-state index contributed by atoms with van der Waals surface area (Å²) in [4.78, 5) is 11.6. The molecule has 0 atom stereocenters. The lowest BCUT2D eigenvalue weighted by molar-refractivity contribution is 0.0695. The molecule has 0 aliphatic carbocycles. The zero-order valence-corrected chi connectivity index (χ0v) is 15.7. The number of hydrogen-bond donors (Lipinski definition) is 1. The highest BCUT2D eigenvalue weighted by Gasteiger charge is 2.17. The number of aryl methyl sites for hydroxylation is 1. The first-order chi connectivity index (χ1) is 11.7. The Bertz CT molecular complexity index is 494. The summed E-state index contributed by atoms with van der Waals surface area (Å²) in [6.07, 6.45) is 11.3. The summed E-state index contributed by atoms with van der Waals surface area (Å²) in [5.41, 5.74) is 4.03. The number of rotatable bonds is 13. The number of carbonyl (C=O) groups is 1.